The largest absolute Gasteiger partial charge is 0.345 e. The molecule has 0 spiro atoms. The maximum Gasteiger partial charge on any atom is 0.254 e. The molecular formula is C21H20ClN3OS. The highest BCUT2D eigenvalue weighted by Gasteiger charge is 2.39. The number of nitrogens with zero attached hydrogens (tertiary/aromatic N) is 2. The van der Waals surface area contributed by atoms with Crippen LogP contribution in [0.3, 0.4) is 0 Å². The van der Waals surface area contributed by atoms with Gasteiger partial charge in [-0.1, -0.05) is 17.7 Å². The highest BCUT2D eigenvalue weighted by atomic mass is 35.5. The standard InChI is InChI=1S/C21H20ClN3OS/c1-12-4-5-14(22)8-16(12)20-17(10-27-3)13(2)21(26)25(20)15-6-7-18-19(9-15)24-11-23-18/h4-9,11,20H,10H2,1-3H3,(H,23,24). The van der Waals surface area contributed by atoms with E-state index in [0.717, 1.165) is 44.7 Å². The molecule has 4 nitrogen and oxygen atoms in total. The molecule has 0 saturated heterocycles. The molecule has 1 aliphatic rings. The zero-order valence-electron chi connectivity index (χ0n) is 15.4. The number of amides is 1. The van der Waals surface area contributed by atoms with E-state index in [0.29, 0.717) is 5.02 Å². The van der Waals surface area contributed by atoms with Gasteiger partial charge in [-0.25, -0.2) is 4.98 Å². The van der Waals surface area contributed by atoms with Gasteiger partial charge in [-0.2, -0.15) is 11.8 Å². The van der Waals surface area contributed by atoms with Crippen LogP contribution in [-0.4, -0.2) is 27.9 Å². The van der Waals surface area contributed by atoms with Gasteiger partial charge in [0.2, 0.25) is 0 Å². The third kappa shape index (κ3) is 3.05. The summed E-state index contributed by atoms with van der Waals surface area (Å²) in [5, 5.41) is 0.681. The third-order valence-electron chi connectivity index (χ3n) is 5.13. The second kappa shape index (κ2) is 7.06. The maximum atomic E-state index is 13.2. The first-order valence-corrected chi connectivity index (χ1v) is 10.5. The summed E-state index contributed by atoms with van der Waals surface area (Å²) in [5.74, 6) is 0.846. The number of rotatable bonds is 4. The predicted molar refractivity (Wildman–Crippen MR) is 114 cm³/mol. The predicted octanol–water partition coefficient (Wildman–Crippen LogP) is 5.29. The van der Waals surface area contributed by atoms with E-state index in [4.69, 9.17) is 11.6 Å². The van der Waals surface area contributed by atoms with Crippen LogP contribution in [0.25, 0.3) is 11.0 Å². The average Bonchev–Trinajstić information content (AvgIpc) is 3.21. The Hall–Kier alpha value is -2.24. The number of nitrogens with one attached hydrogen (secondary N) is 1. The van der Waals surface area contributed by atoms with Gasteiger partial charge >= 0.3 is 0 Å². The van der Waals surface area contributed by atoms with Crippen LogP contribution in [0, 0.1) is 6.92 Å². The number of hydrogen-bond donors (Lipinski definition) is 1. The number of carbonyl (C=O) groups excluding carboxylic acids is 1. The summed E-state index contributed by atoms with van der Waals surface area (Å²) in [4.78, 5) is 22.5. The maximum absolute atomic E-state index is 13.2. The zero-order chi connectivity index (χ0) is 19.1. The molecule has 1 unspecified atom stereocenters. The minimum absolute atomic E-state index is 0.0438. The van der Waals surface area contributed by atoms with Gasteiger partial charge in [0, 0.05) is 22.0 Å². The molecule has 1 N–H and O–H groups in total. The number of aromatic amines is 1. The van der Waals surface area contributed by atoms with Crippen LogP contribution in [-0.2, 0) is 4.79 Å². The van der Waals surface area contributed by atoms with E-state index in [9.17, 15) is 4.79 Å². The van der Waals surface area contributed by atoms with Gasteiger partial charge in [-0.3, -0.25) is 9.69 Å². The minimum atomic E-state index is -0.149. The molecule has 1 amide bonds. The van der Waals surface area contributed by atoms with Gasteiger partial charge in [0.1, 0.15) is 0 Å². The Morgan fingerprint density at radius 2 is 2.04 bits per heavy atom. The Labute approximate surface area is 167 Å². The number of anilines is 1. The first-order valence-electron chi connectivity index (χ1n) is 8.72. The quantitative estimate of drug-likeness (QED) is 0.650. The summed E-state index contributed by atoms with van der Waals surface area (Å²) >= 11 is 8.04. The van der Waals surface area contributed by atoms with Crippen molar-refractivity contribution in [3.05, 3.63) is 70.0 Å². The van der Waals surface area contributed by atoms with Crippen LogP contribution < -0.4 is 4.90 Å². The van der Waals surface area contributed by atoms with Crippen LogP contribution in [0.1, 0.15) is 24.1 Å². The number of hydrogen-bond acceptors (Lipinski definition) is 3. The van der Waals surface area contributed by atoms with Crippen LogP contribution in [0.2, 0.25) is 5.02 Å². The molecule has 3 aromatic rings. The Balaban J connectivity index is 1.90. The molecule has 1 aliphatic heterocycles. The molecule has 0 saturated carbocycles. The second-order valence-corrected chi connectivity index (χ2v) is 8.07. The number of halogens is 1. The van der Waals surface area contributed by atoms with Crippen molar-refractivity contribution in [3.8, 4) is 0 Å². The lowest BCUT2D eigenvalue weighted by Crippen LogP contribution is -2.30. The molecule has 1 atom stereocenters. The Bertz CT molecular complexity index is 1070. The number of aromatic nitrogens is 2. The Kier molecular flexibility index (Phi) is 4.74. The van der Waals surface area contributed by atoms with Crippen molar-refractivity contribution in [1.82, 2.24) is 9.97 Å². The molecule has 0 radical (unpaired) electrons. The summed E-state index contributed by atoms with van der Waals surface area (Å²) in [6.45, 7) is 3.99. The van der Waals surface area contributed by atoms with E-state index in [2.05, 4.69) is 23.1 Å². The van der Waals surface area contributed by atoms with Crippen LogP contribution in [0.5, 0.6) is 0 Å². The van der Waals surface area contributed by atoms with Gasteiger partial charge < -0.3 is 4.98 Å². The van der Waals surface area contributed by atoms with E-state index < -0.39 is 0 Å². The number of imidazole rings is 1. The molecule has 27 heavy (non-hydrogen) atoms. The van der Waals surface area contributed by atoms with Crippen molar-refractivity contribution < 1.29 is 4.79 Å². The Morgan fingerprint density at radius 3 is 2.81 bits per heavy atom. The van der Waals surface area contributed by atoms with Crippen molar-refractivity contribution in [2.75, 3.05) is 16.9 Å². The number of thioether (sulfide) groups is 1. The number of benzene rings is 2. The van der Waals surface area contributed by atoms with E-state index in [1.165, 1.54) is 0 Å². The molecule has 0 fully saturated rings. The number of carbonyl (C=O) groups is 1. The Morgan fingerprint density at radius 1 is 1.22 bits per heavy atom. The van der Waals surface area contributed by atoms with E-state index in [1.807, 2.05) is 48.2 Å². The number of H-pyrrole nitrogens is 1. The van der Waals surface area contributed by atoms with Crippen molar-refractivity contribution in [2.45, 2.75) is 19.9 Å². The zero-order valence-corrected chi connectivity index (χ0v) is 17.0. The SMILES string of the molecule is CSCC1=C(C)C(=O)N(c2ccc3nc[nH]c3c2)C1c1cc(Cl)ccc1C. The van der Waals surface area contributed by atoms with E-state index in [-0.39, 0.29) is 11.9 Å². The first-order chi connectivity index (χ1) is 13.0. The normalized spacial score (nSPS) is 17.4. The number of aryl methyl sites for hydroxylation is 1. The third-order valence-corrected chi connectivity index (χ3v) is 5.96. The number of fused-ring (bicyclic) bond motifs is 1. The second-order valence-electron chi connectivity index (χ2n) is 6.77. The smallest absolute Gasteiger partial charge is 0.254 e. The van der Waals surface area contributed by atoms with Crippen molar-refractivity contribution in [2.24, 2.45) is 0 Å². The fourth-order valence-electron chi connectivity index (χ4n) is 3.71. The average molecular weight is 398 g/mol. The first kappa shape index (κ1) is 18.1. The summed E-state index contributed by atoms with van der Waals surface area (Å²) in [6, 6.07) is 11.6. The minimum Gasteiger partial charge on any atom is -0.345 e. The molecule has 1 aromatic heterocycles. The molecule has 2 heterocycles. The highest BCUT2D eigenvalue weighted by Crippen LogP contribution is 2.44. The molecule has 0 aliphatic carbocycles. The van der Waals surface area contributed by atoms with Crippen LogP contribution in [0.4, 0.5) is 5.69 Å². The topological polar surface area (TPSA) is 49.0 Å². The van der Waals surface area contributed by atoms with Gasteiger partial charge in [-0.05, 0) is 67.1 Å². The van der Waals surface area contributed by atoms with Crippen molar-refractivity contribution in [3.63, 3.8) is 0 Å². The van der Waals surface area contributed by atoms with Gasteiger partial charge in [-0.15, -0.1) is 0 Å². The summed E-state index contributed by atoms with van der Waals surface area (Å²) < 4.78 is 0. The molecule has 138 valence electrons. The summed E-state index contributed by atoms with van der Waals surface area (Å²) in [5.41, 5.74) is 6.81. The highest BCUT2D eigenvalue weighted by molar-refractivity contribution is 7.98. The van der Waals surface area contributed by atoms with Gasteiger partial charge in [0.25, 0.3) is 5.91 Å². The molecule has 2 aromatic carbocycles. The van der Waals surface area contributed by atoms with Crippen LogP contribution >= 0.6 is 23.4 Å². The van der Waals surface area contributed by atoms with Crippen LogP contribution in [0.15, 0.2) is 53.9 Å². The molecular weight excluding hydrogens is 378 g/mol. The molecule has 0 bridgehead atoms. The summed E-state index contributed by atoms with van der Waals surface area (Å²) in [6.07, 6.45) is 3.73. The lowest BCUT2D eigenvalue weighted by atomic mass is 9.95. The lowest BCUT2D eigenvalue weighted by molar-refractivity contribution is -0.114. The summed E-state index contributed by atoms with van der Waals surface area (Å²) in [7, 11) is 0. The van der Waals surface area contributed by atoms with Crippen molar-refractivity contribution >= 4 is 46.0 Å². The van der Waals surface area contributed by atoms with E-state index in [1.54, 1.807) is 18.1 Å². The lowest BCUT2D eigenvalue weighted by Gasteiger charge is -2.29. The van der Waals surface area contributed by atoms with Gasteiger partial charge in [0.15, 0.2) is 0 Å². The van der Waals surface area contributed by atoms with Crippen molar-refractivity contribution in [1.29, 1.82) is 0 Å². The molecule has 4 rings (SSSR count). The fourth-order valence-corrected chi connectivity index (χ4v) is 4.58. The van der Waals surface area contributed by atoms with Gasteiger partial charge in [0.05, 0.1) is 23.4 Å². The fraction of sp³-hybridized carbons (Fsp3) is 0.238. The monoisotopic (exact) mass is 397 g/mol. The van der Waals surface area contributed by atoms with E-state index >= 15 is 0 Å². The molecule has 6 heteroatoms.